The molecule has 0 saturated carbocycles. The van der Waals surface area contributed by atoms with E-state index in [0.717, 1.165) is 5.56 Å². The first-order chi connectivity index (χ1) is 11.3. The minimum atomic E-state index is -0.595. The third kappa shape index (κ3) is 3.52. The van der Waals surface area contributed by atoms with E-state index in [4.69, 9.17) is 0 Å². The highest BCUT2D eigenvalue weighted by Gasteiger charge is 2.19. The maximum atomic E-state index is 3.83. The normalized spacial score (nSPS) is 10.5. The third-order valence-corrected chi connectivity index (χ3v) is 6.21. The van der Waals surface area contributed by atoms with E-state index in [1.54, 1.807) is 0 Å². The molecule has 0 saturated heterocycles. The van der Waals surface area contributed by atoms with E-state index in [9.17, 15) is 0 Å². The molecule has 0 unspecified atom stereocenters. The average Bonchev–Trinajstić information content (AvgIpc) is 2.64. The zero-order valence-electron chi connectivity index (χ0n) is 13.3. The minimum absolute atomic E-state index is 0.595. The van der Waals surface area contributed by atoms with Crippen LogP contribution in [0.15, 0.2) is 91.5 Å². The van der Waals surface area contributed by atoms with Gasteiger partial charge in [-0.3, -0.25) is 0 Å². The molecule has 3 aromatic carbocycles. The monoisotopic (exact) mass is 317 g/mol. The van der Waals surface area contributed by atoms with E-state index in [1.165, 1.54) is 16.3 Å². The van der Waals surface area contributed by atoms with Gasteiger partial charge in [0.05, 0.1) is 8.07 Å². The van der Waals surface area contributed by atoms with Crippen molar-refractivity contribution in [2.24, 2.45) is 0 Å². The topological polar surface area (TPSA) is 3.24 Å². The summed E-state index contributed by atoms with van der Waals surface area (Å²) in [4.78, 5) is 0. The molecule has 114 valence electrons. The Kier molecular flexibility index (Phi) is 4.90. The second-order valence-electron chi connectivity index (χ2n) is 5.30. The van der Waals surface area contributed by atoms with Crippen molar-refractivity contribution in [2.75, 3.05) is 11.7 Å². The van der Waals surface area contributed by atoms with Gasteiger partial charge in [-0.25, -0.2) is 0 Å². The number of anilines is 1. The van der Waals surface area contributed by atoms with Crippen LogP contribution in [0.1, 0.15) is 5.56 Å². The van der Waals surface area contributed by atoms with Gasteiger partial charge in [-0.15, -0.1) is 0 Å². The summed E-state index contributed by atoms with van der Waals surface area (Å²) in [5.74, 6) is 0. The van der Waals surface area contributed by atoms with Gasteiger partial charge < -0.3 is 4.67 Å². The molecule has 0 radical (unpaired) electrons. The summed E-state index contributed by atoms with van der Waals surface area (Å²) < 4.78 is 2.38. The highest BCUT2D eigenvalue weighted by atomic mass is 31.1. The Morgan fingerprint density at radius 1 is 0.739 bits per heavy atom. The van der Waals surface area contributed by atoms with E-state index >= 15 is 0 Å². The van der Waals surface area contributed by atoms with Crippen molar-refractivity contribution < 1.29 is 0 Å². The molecule has 0 aromatic heterocycles. The van der Waals surface area contributed by atoms with Crippen molar-refractivity contribution in [1.82, 2.24) is 0 Å². The molecule has 0 atom stereocenters. The second kappa shape index (κ2) is 7.26. The standard InChI is InChI=1S/C21H20NP/c1-3-18-14-16-19(17-15-18)22(2)23(20-10-6-4-7-11-20)21-12-8-5-9-13-21/h3-17H,1H2,2H3. The van der Waals surface area contributed by atoms with Crippen LogP contribution in [-0.2, 0) is 0 Å². The summed E-state index contributed by atoms with van der Waals surface area (Å²) in [5, 5.41) is 2.70. The van der Waals surface area contributed by atoms with Crippen molar-refractivity contribution in [2.45, 2.75) is 0 Å². The lowest BCUT2D eigenvalue weighted by atomic mass is 10.2. The molecule has 1 nitrogen and oxygen atoms in total. The van der Waals surface area contributed by atoms with Crippen LogP contribution < -0.4 is 15.3 Å². The summed E-state index contributed by atoms with van der Waals surface area (Å²) in [6.07, 6.45) is 1.88. The molecule has 0 aliphatic carbocycles. The molecule has 3 rings (SSSR count). The van der Waals surface area contributed by atoms with Gasteiger partial charge in [0.25, 0.3) is 0 Å². The van der Waals surface area contributed by atoms with Crippen LogP contribution in [0, 0.1) is 0 Å². The summed E-state index contributed by atoms with van der Waals surface area (Å²) in [7, 11) is 1.58. The van der Waals surface area contributed by atoms with E-state index in [0.29, 0.717) is 0 Å². The fraction of sp³-hybridized carbons (Fsp3) is 0.0476. The molecule has 23 heavy (non-hydrogen) atoms. The Labute approximate surface area is 139 Å². The first kappa shape index (κ1) is 15.5. The minimum Gasteiger partial charge on any atom is -0.346 e. The molecule has 2 heteroatoms. The number of rotatable bonds is 5. The van der Waals surface area contributed by atoms with Crippen molar-refractivity contribution >= 4 is 30.4 Å². The van der Waals surface area contributed by atoms with Crippen molar-refractivity contribution in [1.29, 1.82) is 0 Å². The lowest BCUT2D eigenvalue weighted by Crippen LogP contribution is -2.25. The molecule has 0 N–H and O–H groups in total. The van der Waals surface area contributed by atoms with Gasteiger partial charge in [-0.2, -0.15) is 0 Å². The second-order valence-corrected chi connectivity index (χ2v) is 7.56. The Hall–Kier alpha value is -2.37. The van der Waals surface area contributed by atoms with Crippen LogP contribution in [-0.4, -0.2) is 7.05 Å². The Balaban J connectivity index is 2.02. The molecular weight excluding hydrogens is 297 g/mol. The molecule has 0 aliphatic heterocycles. The number of hydrogen-bond donors (Lipinski definition) is 0. The Morgan fingerprint density at radius 2 is 1.22 bits per heavy atom. The SMILES string of the molecule is C=Cc1ccc(N(C)P(c2ccccc2)c2ccccc2)cc1. The molecule has 0 heterocycles. The van der Waals surface area contributed by atoms with E-state index < -0.39 is 8.07 Å². The third-order valence-electron chi connectivity index (χ3n) is 3.80. The molecule has 0 fully saturated rings. The predicted molar refractivity (Wildman–Crippen MR) is 104 cm³/mol. The van der Waals surface area contributed by atoms with Crippen molar-refractivity contribution in [3.05, 3.63) is 97.1 Å². The zero-order valence-corrected chi connectivity index (χ0v) is 14.2. The number of hydrogen-bond acceptors (Lipinski definition) is 1. The van der Waals surface area contributed by atoms with E-state index in [-0.39, 0.29) is 0 Å². The Bertz CT molecular complexity index is 711. The smallest absolute Gasteiger partial charge is 0.0547 e. The summed E-state index contributed by atoms with van der Waals surface area (Å²) in [6, 6.07) is 30.0. The van der Waals surface area contributed by atoms with Crippen molar-refractivity contribution in [3.63, 3.8) is 0 Å². The van der Waals surface area contributed by atoms with E-state index in [1.807, 2.05) is 6.08 Å². The lowest BCUT2D eigenvalue weighted by Gasteiger charge is -2.30. The van der Waals surface area contributed by atoms with E-state index in [2.05, 4.69) is 103 Å². The van der Waals surface area contributed by atoms with Gasteiger partial charge in [0.2, 0.25) is 0 Å². The summed E-state index contributed by atoms with van der Waals surface area (Å²) >= 11 is 0. The molecule has 0 bridgehead atoms. The molecule has 0 amide bonds. The maximum Gasteiger partial charge on any atom is 0.0547 e. The molecule has 0 spiro atoms. The fourth-order valence-corrected chi connectivity index (χ4v) is 4.84. The summed E-state index contributed by atoms with van der Waals surface area (Å²) in [6.45, 7) is 3.83. The van der Waals surface area contributed by atoms with Gasteiger partial charge in [0.1, 0.15) is 0 Å². The largest absolute Gasteiger partial charge is 0.346 e. The van der Waals surface area contributed by atoms with Gasteiger partial charge in [0, 0.05) is 23.3 Å². The summed E-state index contributed by atoms with van der Waals surface area (Å²) in [5.41, 5.74) is 2.36. The van der Waals surface area contributed by atoms with Crippen molar-refractivity contribution in [3.8, 4) is 0 Å². The van der Waals surface area contributed by atoms with Gasteiger partial charge in [-0.1, -0.05) is 85.5 Å². The van der Waals surface area contributed by atoms with Gasteiger partial charge in [0.15, 0.2) is 0 Å². The molecule has 0 aliphatic rings. The lowest BCUT2D eigenvalue weighted by molar-refractivity contribution is 1.34. The predicted octanol–water partition coefficient (Wildman–Crippen LogP) is 4.81. The van der Waals surface area contributed by atoms with Gasteiger partial charge in [-0.05, 0) is 17.7 Å². The average molecular weight is 317 g/mol. The van der Waals surface area contributed by atoms with Crippen LogP contribution in [0.3, 0.4) is 0 Å². The fourth-order valence-electron chi connectivity index (χ4n) is 2.58. The van der Waals surface area contributed by atoms with Crippen LogP contribution in [0.5, 0.6) is 0 Å². The zero-order chi connectivity index (χ0) is 16.1. The quantitative estimate of drug-likeness (QED) is 0.610. The molecule has 3 aromatic rings. The van der Waals surface area contributed by atoms with Crippen LogP contribution in [0.2, 0.25) is 0 Å². The first-order valence-electron chi connectivity index (χ1n) is 7.66. The maximum absolute atomic E-state index is 3.83. The Morgan fingerprint density at radius 3 is 1.65 bits per heavy atom. The van der Waals surface area contributed by atoms with Crippen LogP contribution >= 0.6 is 8.07 Å². The van der Waals surface area contributed by atoms with Crippen LogP contribution in [0.4, 0.5) is 5.69 Å². The number of nitrogens with zero attached hydrogens (tertiary/aromatic N) is 1. The van der Waals surface area contributed by atoms with Gasteiger partial charge >= 0.3 is 0 Å². The first-order valence-corrected chi connectivity index (χ1v) is 8.95. The highest BCUT2D eigenvalue weighted by Crippen LogP contribution is 2.40. The highest BCUT2D eigenvalue weighted by molar-refractivity contribution is 7.74. The molecular formula is C21H20NP. The number of benzene rings is 3. The van der Waals surface area contributed by atoms with Crippen LogP contribution in [0.25, 0.3) is 6.08 Å².